The van der Waals surface area contributed by atoms with Crippen LogP contribution in [0.1, 0.15) is 43.4 Å². The maximum Gasteiger partial charge on any atom is 1.00 e. The first-order valence-electron chi connectivity index (χ1n) is 16.4. The molecule has 19 heteroatoms. The predicted molar refractivity (Wildman–Crippen MR) is 172 cm³/mol. The molecule has 4 aromatic heterocycles. The number of piperazine rings is 1. The molecule has 4 aromatic rings. The Labute approximate surface area is 317 Å². The van der Waals surface area contributed by atoms with E-state index in [-0.39, 0.29) is 64.1 Å². The van der Waals surface area contributed by atoms with Crippen molar-refractivity contribution < 1.29 is 70.5 Å². The minimum Gasteiger partial charge on any atom is -0.550 e. The van der Waals surface area contributed by atoms with Gasteiger partial charge in [-0.2, -0.15) is 26.3 Å². The number of imidazole rings is 1. The SMILES string of the molecule is COCC1(CN(C)c2cc(-c3cnc(C(F)(F)F)c(C(F)(F)F)c3)nc3nc(-c4cnc(N5CCN(CCC(=O)[O-])CC5)cn4)[nH]c23)CCCC1.[Na+]. The number of anilines is 2. The van der Waals surface area contributed by atoms with Crippen molar-refractivity contribution in [3.05, 3.63) is 42.0 Å². The van der Waals surface area contributed by atoms with Crippen molar-refractivity contribution >= 4 is 28.6 Å². The van der Waals surface area contributed by atoms with Gasteiger partial charge in [0.25, 0.3) is 0 Å². The van der Waals surface area contributed by atoms with Crippen molar-refractivity contribution in [3.8, 4) is 22.8 Å². The van der Waals surface area contributed by atoms with E-state index >= 15 is 0 Å². The van der Waals surface area contributed by atoms with E-state index in [2.05, 4.69) is 29.9 Å². The van der Waals surface area contributed by atoms with Crippen molar-refractivity contribution in [2.45, 2.75) is 44.5 Å². The van der Waals surface area contributed by atoms with Crippen LogP contribution in [0.15, 0.2) is 30.7 Å². The van der Waals surface area contributed by atoms with Crippen LogP contribution in [0.3, 0.4) is 0 Å². The van der Waals surface area contributed by atoms with Gasteiger partial charge in [-0.3, -0.25) is 9.88 Å². The number of carboxylic acid groups (broad SMARTS) is 1. The zero-order valence-corrected chi connectivity index (χ0v) is 30.9. The summed E-state index contributed by atoms with van der Waals surface area (Å²) in [6, 6.07) is 1.93. The fourth-order valence-corrected chi connectivity index (χ4v) is 7.01. The van der Waals surface area contributed by atoms with Crippen LogP contribution in [0.4, 0.5) is 37.8 Å². The molecule has 0 spiro atoms. The Morgan fingerprint density at radius 2 is 1.67 bits per heavy atom. The molecule has 6 rings (SSSR count). The normalized spacial score (nSPS) is 16.7. The number of ether oxygens (including phenoxy) is 1. The third-order valence-electron chi connectivity index (χ3n) is 9.51. The second-order valence-corrected chi connectivity index (χ2v) is 13.1. The Balaban J connectivity index is 0.00000523. The number of H-pyrrole nitrogens is 1. The number of aliphatic carboxylic acids is 1. The van der Waals surface area contributed by atoms with Gasteiger partial charge < -0.3 is 29.4 Å². The summed E-state index contributed by atoms with van der Waals surface area (Å²) in [5, 5.41) is 10.8. The molecule has 1 saturated carbocycles. The first-order valence-corrected chi connectivity index (χ1v) is 16.4. The minimum atomic E-state index is -5.32. The summed E-state index contributed by atoms with van der Waals surface area (Å²) in [7, 11) is 3.46. The summed E-state index contributed by atoms with van der Waals surface area (Å²) in [4.78, 5) is 41.4. The maximum absolute atomic E-state index is 13.9. The van der Waals surface area contributed by atoms with E-state index in [1.807, 2.05) is 21.7 Å². The van der Waals surface area contributed by atoms with Crippen LogP contribution in [0.25, 0.3) is 33.9 Å². The van der Waals surface area contributed by atoms with Crippen molar-refractivity contribution in [2.75, 3.05) is 69.8 Å². The van der Waals surface area contributed by atoms with Crippen molar-refractivity contribution in [1.82, 2.24) is 34.8 Å². The molecule has 1 saturated heterocycles. The predicted octanol–water partition coefficient (Wildman–Crippen LogP) is 1.42. The molecule has 0 aromatic carbocycles. The van der Waals surface area contributed by atoms with Gasteiger partial charge in [-0.25, -0.2) is 19.9 Å². The Morgan fingerprint density at radius 1 is 0.962 bits per heavy atom. The number of alkyl halides is 6. The Bertz CT molecular complexity index is 1860. The zero-order chi connectivity index (χ0) is 36.6. The number of methoxy groups -OCH3 is 1. The molecule has 0 amide bonds. The molecular weight excluding hydrogens is 707 g/mol. The van der Waals surface area contributed by atoms with Crippen LogP contribution in [-0.2, 0) is 21.9 Å². The number of carbonyl (C=O) groups is 1. The number of aromatic amines is 1. The number of carboxylic acids is 1. The Morgan fingerprint density at radius 3 is 2.27 bits per heavy atom. The summed E-state index contributed by atoms with van der Waals surface area (Å²) in [6.07, 6.45) is -2.95. The number of nitrogens with one attached hydrogen (secondary N) is 1. The molecule has 1 N–H and O–H groups in total. The molecule has 1 aliphatic carbocycles. The molecule has 5 heterocycles. The Hall–Kier alpha value is -3.58. The number of nitrogens with zero attached hydrogens (tertiary/aromatic N) is 8. The van der Waals surface area contributed by atoms with E-state index in [0.29, 0.717) is 74.7 Å². The molecule has 12 nitrogen and oxygen atoms in total. The monoisotopic (exact) mass is 743 g/mol. The quantitative estimate of drug-likeness (QED) is 0.176. The van der Waals surface area contributed by atoms with E-state index in [1.165, 1.54) is 12.3 Å². The number of rotatable bonds is 11. The van der Waals surface area contributed by atoms with E-state index in [9.17, 15) is 36.2 Å². The third kappa shape index (κ3) is 8.78. The van der Waals surface area contributed by atoms with Crippen LogP contribution in [-0.4, -0.2) is 101 Å². The molecule has 0 radical (unpaired) electrons. The summed E-state index contributed by atoms with van der Waals surface area (Å²) in [5.41, 5.74) is -2.96. The molecule has 0 unspecified atom stereocenters. The molecular formula is C33H36F6N9NaO3. The van der Waals surface area contributed by atoms with Crippen molar-refractivity contribution in [1.29, 1.82) is 0 Å². The summed E-state index contributed by atoms with van der Waals surface area (Å²) in [6.45, 7) is 3.97. The van der Waals surface area contributed by atoms with E-state index in [4.69, 9.17) is 4.74 Å². The summed E-state index contributed by atoms with van der Waals surface area (Å²) >= 11 is 0. The second kappa shape index (κ2) is 15.8. The number of hydrogen-bond acceptors (Lipinski definition) is 11. The fraction of sp³-hybridized carbons (Fsp3) is 0.515. The maximum atomic E-state index is 13.9. The van der Waals surface area contributed by atoms with Crippen LogP contribution >= 0.6 is 0 Å². The third-order valence-corrected chi connectivity index (χ3v) is 9.51. The molecule has 0 atom stereocenters. The average Bonchev–Trinajstić information content (AvgIpc) is 3.73. The standard InChI is InChI=1S/C33H37F6N9O3.Na/c1-46(18-31(19-51-2)6-3-4-7-31)24-14-22(20-13-21(32(34,35)36)28(42-15-20)33(37,38)39)43-30-27(24)44-29(45-30)23-16-41-25(17-40-23)48-11-9-47(10-12-48)8-5-26(49)50;/h13-17H,3-12,18-19H2,1-2H3,(H,49,50)(H,43,44,45);/q;+1/p-1. The fourth-order valence-electron chi connectivity index (χ4n) is 7.01. The van der Waals surface area contributed by atoms with E-state index in [0.717, 1.165) is 31.9 Å². The molecule has 2 fully saturated rings. The number of hydrogen-bond donors (Lipinski definition) is 1. The molecule has 52 heavy (non-hydrogen) atoms. The molecule has 0 bridgehead atoms. The first kappa shape index (κ1) is 39.6. The average molecular weight is 744 g/mol. The molecule has 2 aliphatic rings. The number of carbonyl (C=O) groups excluding carboxylic acids is 1. The van der Waals surface area contributed by atoms with Crippen molar-refractivity contribution in [3.63, 3.8) is 0 Å². The molecule has 274 valence electrons. The van der Waals surface area contributed by atoms with Gasteiger partial charge in [0.15, 0.2) is 17.2 Å². The van der Waals surface area contributed by atoms with Crippen LogP contribution in [0, 0.1) is 5.41 Å². The van der Waals surface area contributed by atoms with Crippen molar-refractivity contribution in [2.24, 2.45) is 5.41 Å². The zero-order valence-electron chi connectivity index (χ0n) is 28.9. The molecule has 1 aliphatic heterocycles. The van der Waals surface area contributed by atoms with Crippen LogP contribution < -0.4 is 44.5 Å². The number of aromatic nitrogens is 6. The number of halogens is 6. The summed E-state index contributed by atoms with van der Waals surface area (Å²) in [5.74, 6) is -0.194. The Kier molecular flexibility index (Phi) is 12.0. The van der Waals surface area contributed by atoms with Gasteiger partial charge in [-0.1, -0.05) is 12.8 Å². The van der Waals surface area contributed by atoms with E-state index < -0.39 is 29.6 Å². The topological polar surface area (TPSA) is 139 Å². The summed E-state index contributed by atoms with van der Waals surface area (Å²) < 4.78 is 87.6. The number of pyridine rings is 2. The largest absolute Gasteiger partial charge is 1.00 e. The van der Waals surface area contributed by atoms with Gasteiger partial charge in [0.1, 0.15) is 17.0 Å². The van der Waals surface area contributed by atoms with Crippen LogP contribution in [0.5, 0.6) is 0 Å². The first-order chi connectivity index (χ1) is 24.2. The van der Waals surface area contributed by atoms with Gasteiger partial charge in [-0.15, -0.1) is 0 Å². The van der Waals surface area contributed by atoms with Gasteiger partial charge in [0.05, 0.1) is 35.9 Å². The smallest absolute Gasteiger partial charge is 0.550 e. The van der Waals surface area contributed by atoms with Gasteiger partial charge in [0, 0.05) is 76.6 Å². The van der Waals surface area contributed by atoms with E-state index in [1.54, 1.807) is 13.3 Å². The minimum absolute atomic E-state index is 0. The number of fused-ring (bicyclic) bond motifs is 1. The van der Waals surface area contributed by atoms with Gasteiger partial charge in [-0.05, 0) is 31.4 Å². The second-order valence-electron chi connectivity index (χ2n) is 13.1. The van der Waals surface area contributed by atoms with Crippen LogP contribution in [0.2, 0.25) is 0 Å². The van der Waals surface area contributed by atoms with Gasteiger partial charge in [0.2, 0.25) is 0 Å². The van der Waals surface area contributed by atoms with Gasteiger partial charge >= 0.3 is 41.9 Å².